The van der Waals surface area contributed by atoms with Gasteiger partial charge in [-0.25, -0.2) is 0 Å². The second-order valence-corrected chi connectivity index (χ2v) is 4.79. The number of hydrogen-bond donors (Lipinski definition) is 1. The molecule has 2 rings (SSSR count). The lowest BCUT2D eigenvalue weighted by molar-refractivity contribution is 0.270. The van der Waals surface area contributed by atoms with Crippen LogP contribution in [0.2, 0.25) is 0 Å². The molecule has 0 fully saturated rings. The second kappa shape index (κ2) is 5.70. The molecule has 90 valence electrons. The van der Waals surface area contributed by atoms with E-state index < -0.39 is 0 Å². The third-order valence-corrected chi connectivity index (χ3v) is 3.18. The molecule has 0 spiro atoms. The fourth-order valence-corrected chi connectivity index (χ4v) is 2.20. The van der Waals surface area contributed by atoms with Gasteiger partial charge in [0.2, 0.25) is 5.13 Å². The smallest absolute Gasteiger partial charge is 0.203 e. The summed E-state index contributed by atoms with van der Waals surface area (Å²) in [5.41, 5.74) is 6.82. The maximum absolute atomic E-state index is 5.57. The highest BCUT2D eigenvalue weighted by molar-refractivity contribution is 7.15. The van der Waals surface area contributed by atoms with Gasteiger partial charge in [-0.15, -0.1) is 10.2 Å². The zero-order chi connectivity index (χ0) is 12.1. The van der Waals surface area contributed by atoms with Crippen molar-refractivity contribution >= 4 is 16.5 Å². The molecule has 2 N–H and O–H groups in total. The van der Waals surface area contributed by atoms with E-state index in [9.17, 15) is 0 Å². The van der Waals surface area contributed by atoms with Crippen molar-refractivity contribution in [1.82, 2.24) is 20.1 Å². The Morgan fingerprint density at radius 2 is 2.00 bits per heavy atom. The predicted molar refractivity (Wildman–Crippen MR) is 68.3 cm³/mol. The Balaban J connectivity index is 1.98. The number of pyridine rings is 1. The van der Waals surface area contributed by atoms with E-state index >= 15 is 0 Å². The average Bonchev–Trinajstić information content (AvgIpc) is 2.75. The summed E-state index contributed by atoms with van der Waals surface area (Å²) in [7, 11) is 0. The maximum atomic E-state index is 5.57. The van der Waals surface area contributed by atoms with Crippen LogP contribution in [0.4, 0.5) is 5.13 Å². The number of hydrogen-bond acceptors (Lipinski definition) is 6. The Bertz CT molecular complexity index is 456. The largest absolute Gasteiger partial charge is 0.374 e. The van der Waals surface area contributed by atoms with Crippen LogP contribution < -0.4 is 5.73 Å². The lowest BCUT2D eigenvalue weighted by Gasteiger charge is -2.18. The molecule has 0 unspecified atom stereocenters. The predicted octanol–water partition coefficient (Wildman–Crippen LogP) is 1.54. The standard InChI is InChI=1S/C11H15N5S/c1-2-16(7-9-3-5-13-6-4-9)8-10-14-15-11(12)17-10/h3-6H,2,7-8H2,1H3,(H2,12,15). The van der Waals surface area contributed by atoms with Crippen LogP contribution in [-0.2, 0) is 13.1 Å². The molecule has 0 saturated carbocycles. The first kappa shape index (κ1) is 11.9. The summed E-state index contributed by atoms with van der Waals surface area (Å²) in [4.78, 5) is 6.30. The SMILES string of the molecule is CCN(Cc1ccncc1)Cc1nnc(N)s1. The fraction of sp³-hybridized carbons (Fsp3) is 0.364. The van der Waals surface area contributed by atoms with Gasteiger partial charge < -0.3 is 5.73 Å². The topological polar surface area (TPSA) is 67.9 Å². The number of nitrogen functional groups attached to an aromatic ring is 1. The quantitative estimate of drug-likeness (QED) is 0.870. The van der Waals surface area contributed by atoms with Crippen molar-refractivity contribution in [2.45, 2.75) is 20.0 Å². The van der Waals surface area contributed by atoms with Crippen molar-refractivity contribution in [1.29, 1.82) is 0 Å². The first-order valence-electron chi connectivity index (χ1n) is 5.47. The van der Waals surface area contributed by atoms with E-state index in [0.29, 0.717) is 5.13 Å². The van der Waals surface area contributed by atoms with Gasteiger partial charge in [0.25, 0.3) is 0 Å². The van der Waals surface area contributed by atoms with Gasteiger partial charge in [0.05, 0.1) is 6.54 Å². The van der Waals surface area contributed by atoms with Crippen LogP contribution in [0.15, 0.2) is 24.5 Å². The molecule has 0 amide bonds. The minimum Gasteiger partial charge on any atom is -0.374 e. The normalized spacial score (nSPS) is 10.9. The Morgan fingerprint density at radius 3 is 2.59 bits per heavy atom. The van der Waals surface area contributed by atoms with E-state index in [2.05, 4.69) is 27.0 Å². The van der Waals surface area contributed by atoms with Crippen LogP contribution in [0.5, 0.6) is 0 Å². The molecule has 0 saturated heterocycles. The summed E-state index contributed by atoms with van der Waals surface area (Å²) in [5.74, 6) is 0. The van der Waals surface area contributed by atoms with Crippen molar-refractivity contribution in [3.63, 3.8) is 0 Å². The van der Waals surface area contributed by atoms with Gasteiger partial charge in [0.15, 0.2) is 0 Å². The summed E-state index contributed by atoms with van der Waals surface area (Å²) in [6.07, 6.45) is 3.62. The summed E-state index contributed by atoms with van der Waals surface area (Å²) in [6, 6.07) is 4.05. The van der Waals surface area contributed by atoms with E-state index in [4.69, 9.17) is 5.73 Å². The number of nitrogens with two attached hydrogens (primary N) is 1. The van der Waals surface area contributed by atoms with Crippen LogP contribution in [0.25, 0.3) is 0 Å². The van der Waals surface area contributed by atoms with Gasteiger partial charge in [0.1, 0.15) is 5.01 Å². The first-order chi connectivity index (χ1) is 8.28. The molecule has 0 aromatic carbocycles. The molecule has 0 aliphatic rings. The summed E-state index contributed by atoms with van der Waals surface area (Å²) in [6.45, 7) is 4.76. The summed E-state index contributed by atoms with van der Waals surface area (Å²) in [5, 5.41) is 9.34. The Morgan fingerprint density at radius 1 is 1.24 bits per heavy atom. The lowest BCUT2D eigenvalue weighted by Crippen LogP contribution is -2.22. The van der Waals surface area contributed by atoms with E-state index in [-0.39, 0.29) is 0 Å². The van der Waals surface area contributed by atoms with Crippen molar-refractivity contribution < 1.29 is 0 Å². The van der Waals surface area contributed by atoms with Gasteiger partial charge >= 0.3 is 0 Å². The Hall–Kier alpha value is -1.53. The van der Waals surface area contributed by atoms with Gasteiger partial charge in [-0.1, -0.05) is 18.3 Å². The average molecular weight is 249 g/mol. The fourth-order valence-electron chi connectivity index (χ4n) is 1.55. The molecule has 0 radical (unpaired) electrons. The Kier molecular flexibility index (Phi) is 4.00. The molecular formula is C11H15N5S. The van der Waals surface area contributed by atoms with E-state index in [0.717, 1.165) is 24.6 Å². The number of aromatic nitrogens is 3. The minimum atomic E-state index is 0.528. The minimum absolute atomic E-state index is 0.528. The van der Waals surface area contributed by atoms with Crippen LogP contribution >= 0.6 is 11.3 Å². The maximum Gasteiger partial charge on any atom is 0.203 e. The monoisotopic (exact) mass is 249 g/mol. The van der Waals surface area contributed by atoms with E-state index in [1.807, 2.05) is 24.5 Å². The lowest BCUT2D eigenvalue weighted by atomic mass is 10.2. The van der Waals surface area contributed by atoms with E-state index in [1.54, 1.807) is 0 Å². The zero-order valence-electron chi connectivity index (χ0n) is 9.71. The highest BCUT2D eigenvalue weighted by Gasteiger charge is 2.08. The van der Waals surface area contributed by atoms with Crippen LogP contribution in [0.3, 0.4) is 0 Å². The molecule has 2 aromatic heterocycles. The number of anilines is 1. The van der Waals surface area contributed by atoms with Gasteiger partial charge in [0, 0.05) is 18.9 Å². The van der Waals surface area contributed by atoms with Crippen LogP contribution in [0.1, 0.15) is 17.5 Å². The highest BCUT2D eigenvalue weighted by atomic mass is 32.1. The van der Waals surface area contributed by atoms with Crippen LogP contribution in [-0.4, -0.2) is 26.6 Å². The van der Waals surface area contributed by atoms with Gasteiger partial charge in [-0.2, -0.15) is 0 Å². The molecule has 0 aliphatic carbocycles. The molecule has 17 heavy (non-hydrogen) atoms. The van der Waals surface area contributed by atoms with E-state index in [1.165, 1.54) is 16.9 Å². The molecule has 0 atom stereocenters. The van der Waals surface area contributed by atoms with Gasteiger partial charge in [-0.3, -0.25) is 9.88 Å². The molecule has 0 bridgehead atoms. The van der Waals surface area contributed by atoms with Crippen molar-refractivity contribution in [2.24, 2.45) is 0 Å². The van der Waals surface area contributed by atoms with Crippen LogP contribution in [0, 0.1) is 0 Å². The Labute approximate surface area is 104 Å². The van der Waals surface area contributed by atoms with Crippen molar-refractivity contribution in [3.05, 3.63) is 35.1 Å². The van der Waals surface area contributed by atoms with Gasteiger partial charge in [-0.05, 0) is 24.2 Å². The number of nitrogens with zero attached hydrogens (tertiary/aromatic N) is 4. The highest BCUT2D eigenvalue weighted by Crippen LogP contribution is 2.14. The second-order valence-electron chi connectivity index (χ2n) is 3.69. The summed E-state index contributed by atoms with van der Waals surface area (Å²) < 4.78 is 0. The van der Waals surface area contributed by atoms with Crippen molar-refractivity contribution in [3.8, 4) is 0 Å². The third-order valence-electron chi connectivity index (χ3n) is 2.44. The molecule has 5 nitrogen and oxygen atoms in total. The molecular weight excluding hydrogens is 234 g/mol. The zero-order valence-corrected chi connectivity index (χ0v) is 10.5. The number of rotatable bonds is 5. The molecule has 0 aliphatic heterocycles. The van der Waals surface area contributed by atoms with Crippen molar-refractivity contribution in [2.75, 3.05) is 12.3 Å². The molecule has 6 heteroatoms. The summed E-state index contributed by atoms with van der Waals surface area (Å²) >= 11 is 1.44. The molecule has 2 aromatic rings. The third kappa shape index (κ3) is 3.47. The molecule has 2 heterocycles. The first-order valence-corrected chi connectivity index (χ1v) is 6.28.